The van der Waals surface area contributed by atoms with E-state index >= 15 is 0 Å². The van der Waals surface area contributed by atoms with Crippen LogP contribution >= 0.6 is 0 Å². The number of tetrazole rings is 1. The molecule has 2 N–H and O–H groups in total. The monoisotopic (exact) mass is 139 g/mol. The molecule has 1 heterocycles. The highest BCUT2D eigenvalue weighted by Crippen LogP contribution is 2.34. The zero-order valence-corrected chi connectivity index (χ0v) is 5.56. The summed E-state index contributed by atoms with van der Waals surface area (Å²) in [5.74, 6) is 0.794. The van der Waals surface area contributed by atoms with E-state index in [0.29, 0.717) is 12.6 Å². The number of hydrogen-bond donors (Lipinski definition) is 1. The van der Waals surface area contributed by atoms with Crippen LogP contribution in [-0.4, -0.2) is 20.2 Å². The van der Waals surface area contributed by atoms with Crippen LogP contribution in [0.5, 0.6) is 0 Å². The summed E-state index contributed by atoms with van der Waals surface area (Å²) in [7, 11) is 0. The molecule has 5 nitrogen and oxygen atoms in total. The first kappa shape index (κ1) is 5.79. The van der Waals surface area contributed by atoms with Crippen molar-refractivity contribution in [1.29, 1.82) is 0 Å². The molecule has 0 aliphatic heterocycles. The van der Waals surface area contributed by atoms with Gasteiger partial charge in [-0.05, 0) is 23.3 Å². The van der Waals surface area contributed by atoms with Crippen LogP contribution in [0.4, 0.5) is 0 Å². The van der Waals surface area contributed by atoms with Crippen molar-refractivity contribution in [2.75, 3.05) is 0 Å². The van der Waals surface area contributed by atoms with E-state index in [9.17, 15) is 0 Å². The Morgan fingerprint density at radius 2 is 2.40 bits per heavy atom. The van der Waals surface area contributed by atoms with E-state index in [1.54, 1.807) is 0 Å². The highest BCUT2D eigenvalue weighted by atomic mass is 15.6. The first-order chi connectivity index (χ1) is 4.92. The minimum Gasteiger partial charge on any atom is -0.324 e. The lowest BCUT2D eigenvalue weighted by Gasteiger charge is -1.96. The molecule has 1 aliphatic carbocycles. The van der Waals surface area contributed by atoms with Crippen LogP contribution in [0.3, 0.4) is 0 Å². The zero-order chi connectivity index (χ0) is 6.97. The van der Waals surface area contributed by atoms with Gasteiger partial charge in [-0.2, -0.15) is 0 Å². The maximum atomic E-state index is 5.40. The van der Waals surface area contributed by atoms with E-state index in [0.717, 1.165) is 5.82 Å². The Balaban J connectivity index is 2.28. The molecule has 1 aromatic rings. The molecule has 1 fully saturated rings. The summed E-state index contributed by atoms with van der Waals surface area (Å²) in [6, 6.07) is 0.536. The average Bonchev–Trinajstić information content (AvgIpc) is 2.69. The molecule has 10 heavy (non-hydrogen) atoms. The lowest BCUT2D eigenvalue weighted by atomic mass is 10.6. The molecule has 2 rings (SSSR count). The Bertz CT molecular complexity index is 226. The number of nitrogens with zero attached hydrogens (tertiary/aromatic N) is 4. The van der Waals surface area contributed by atoms with E-state index in [-0.39, 0.29) is 0 Å². The minimum absolute atomic E-state index is 0.434. The number of hydrogen-bond acceptors (Lipinski definition) is 4. The van der Waals surface area contributed by atoms with E-state index < -0.39 is 0 Å². The van der Waals surface area contributed by atoms with Gasteiger partial charge in [0, 0.05) is 0 Å². The summed E-state index contributed by atoms with van der Waals surface area (Å²) < 4.78 is 1.82. The average molecular weight is 139 g/mol. The summed E-state index contributed by atoms with van der Waals surface area (Å²) in [5.41, 5.74) is 5.40. The molecule has 0 atom stereocenters. The molecule has 1 aliphatic rings. The molecule has 0 saturated heterocycles. The van der Waals surface area contributed by atoms with Crippen molar-refractivity contribution in [1.82, 2.24) is 20.2 Å². The fourth-order valence-electron chi connectivity index (χ4n) is 0.949. The third-order valence-electron chi connectivity index (χ3n) is 1.64. The van der Waals surface area contributed by atoms with E-state index in [2.05, 4.69) is 15.5 Å². The van der Waals surface area contributed by atoms with Gasteiger partial charge in [-0.1, -0.05) is 0 Å². The molecule has 0 aromatic carbocycles. The molecule has 1 saturated carbocycles. The van der Waals surface area contributed by atoms with Crippen LogP contribution in [0.25, 0.3) is 0 Å². The van der Waals surface area contributed by atoms with Gasteiger partial charge in [-0.25, -0.2) is 4.68 Å². The van der Waals surface area contributed by atoms with Crippen LogP contribution in [0.15, 0.2) is 0 Å². The predicted octanol–water partition coefficient (Wildman–Crippen LogP) is -0.533. The second kappa shape index (κ2) is 2.02. The normalized spacial score (nSPS) is 17.7. The zero-order valence-electron chi connectivity index (χ0n) is 5.56. The number of rotatable bonds is 2. The Morgan fingerprint density at radius 1 is 1.60 bits per heavy atom. The van der Waals surface area contributed by atoms with Crippen molar-refractivity contribution >= 4 is 0 Å². The van der Waals surface area contributed by atoms with Crippen LogP contribution in [0.2, 0.25) is 0 Å². The minimum atomic E-state index is 0.434. The molecule has 0 amide bonds. The van der Waals surface area contributed by atoms with Crippen LogP contribution < -0.4 is 5.73 Å². The molecule has 54 valence electrons. The summed E-state index contributed by atoms with van der Waals surface area (Å²) in [6.07, 6.45) is 2.39. The van der Waals surface area contributed by atoms with Crippen LogP contribution in [0.1, 0.15) is 24.7 Å². The number of nitrogens with two attached hydrogens (primary N) is 1. The molecular weight excluding hydrogens is 130 g/mol. The van der Waals surface area contributed by atoms with Crippen molar-refractivity contribution in [2.24, 2.45) is 5.73 Å². The predicted molar refractivity (Wildman–Crippen MR) is 34.0 cm³/mol. The first-order valence-corrected chi connectivity index (χ1v) is 3.38. The van der Waals surface area contributed by atoms with Crippen molar-refractivity contribution in [3.63, 3.8) is 0 Å². The third kappa shape index (κ3) is 0.786. The molecule has 0 unspecified atom stereocenters. The van der Waals surface area contributed by atoms with Gasteiger partial charge in [-0.15, -0.1) is 5.10 Å². The Kier molecular flexibility index (Phi) is 1.17. The van der Waals surface area contributed by atoms with Gasteiger partial charge in [0.05, 0.1) is 12.6 Å². The lowest BCUT2D eigenvalue weighted by Crippen LogP contribution is -2.08. The van der Waals surface area contributed by atoms with Crippen molar-refractivity contribution < 1.29 is 0 Å². The Morgan fingerprint density at radius 3 is 3.00 bits per heavy atom. The van der Waals surface area contributed by atoms with E-state index in [1.807, 2.05) is 4.68 Å². The quantitative estimate of drug-likeness (QED) is 0.597. The third-order valence-corrected chi connectivity index (χ3v) is 1.64. The highest BCUT2D eigenvalue weighted by Gasteiger charge is 2.26. The molecule has 0 bridgehead atoms. The second-order valence-electron chi connectivity index (χ2n) is 2.47. The van der Waals surface area contributed by atoms with Gasteiger partial charge in [0.1, 0.15) is 0 Å². The highest BCUT2D eigenvalue weighted by molar-refractivity contribution is 4.88. The number of aromatic nitrogens is 4. The van der Waals surface area contributed by atoms with Crippen LogP contribution in [-0.2, 0) is 6.54 Å². The molecule has 5 heteroatoms. The molecule has 0 radical (unpaired) electrons. The maximum absolute atomic E-state index is 5.40. The Labute approximate surface area is 58.2 Å². The SMILES string of the molecule is NCc1nnnn1C1CC1. The van der Waals surface area contributed by atoms with Gasteiger partial charge in [0.2, 0.25) is 0 Å². The fourth-order valence-corrected chi connectivity index (χ4v) is 0.949. The Hall–Kier alpha value is -0.970. The summed E-state index contributed by atoms with van der Waals surface area (Å²) in [4.78, 5) is 0. The summed E-state index contributed by atoms with van der Waals surface area (Å²) >= 11 is 0. The van der Waals surface area contributed by atoms with Gasteiger partial charge < -0.3 is 5.73 Å². The van der Waals surface area contributed by atoms with E-state index in [1.165, 1.54) is 12.8 Å². The van der Waals surface area contributed by atoms with Gasteiger partial charge in [-0.3, -0.25) is 0 Å². The van der Waals surface area contributed by atoms with Gasteiger partial charge in [0.25, 0.3) is 0 Å². The van der Waals surface area contributed by atoms with Crippen LogP contribution in [0, 0.1) is 0 Å². The topological polar surface area (TPSA) is 69.6 Å². The lowest BCUT2D eigenvalue weighted by molar-refractivity contribution is 0.583. The molecule has 1 aromatic heterocycles. The van der Waals surface area contributed by atoms with Gasteiger partial charge >= 0.3 is 0 Å². The van der Waals surface area contributed by atoms with Crippen molar-refractivity contribution in [2.45, 2.75) is 25.4 Å². The van der Waals surface area contributed by atoms with E-state index in [4.69, 9.17) is 5.73 Å². The maximum Gasteiger partial charge on any atom is 0.165 e. The summed E-state index contributed by atoms with van der Waals surface area (Å²) in [6.45, 7) is 0.434. The second-order valence-corrected chi connectivity index (χ2v) is 2.47. The first-order valence-electron chi connectivity index (χ1n) is 3.38. The van der Waals surface area contributed by atoms with Crippen molar-refractivity contribution in [3.8, 4) is 0 Å². The largest absolute Gasteiger partial charge is 0.324 e. The van der Waals surface area contributed by atoms with Crippen molar-refractivity contribution in [3.05, 3.63) is 5.82 Å². The van der Waals surface area contributed by atoms with Gasteiger partial charge in [0.15, 0.2) is 5.82 Å². The molecule has 0 spiro atoms. The standard InChI is InChI=1S/C5H9N5/c6-3-5-7-8-9-10(5)4-1-2-4/h4H,1-3,6H2. The smallest absolute Gasteiger partial charge is 0.165 e. The molecular formula is C5H9N5. The fraction of sp³-hybridized carbons (Fsp3) is 0.800. The summed E-state index contributed by atoms with van der Waals surface area (Å²) in [5, 5.41) is 11.1.